The number of aliphatic carboxylic acids is 1. The highest BCUT2D eigenvalue weighted by molar-refractivity contribution is 5.95. The fourth-order valence-electron chi connectivity index (χ4n) is 1.27. The zero-order valence-corrected chi connectivity index (χ0v) is 12.4. The highest BCUT2D eigenvalue weighted by Gasteiger charge is 2.24. The van der Waals surface area contributed by atoms with Gasteiger partial charge >= 0.3 is 12.1 Å². The summed E-state index contributed by atoms with van der Waals surface area (Å²) in [5.74, 6) is -1.85. The van der Waals surface area contributed by atoms with Crippen LogP contribution < -0.4 is 10.6 Å². The van der Waals surface area contributed by atoms with Gasteiger partial charge in [0, 0.05) is 0 Å². The van der Waals surface area contributed by atoms with Gasteiger partial charge in [-0.05, 0) is 34.1 Å². The zero-order chi connectivity index (χ0) is 15.9. The van der Waals surface area contributed by atoms with Crippen molar-refractivity contribution < 1.29 is 24.2 Å². The maximum atomic E-state index is 11.9. The highest BCUT2D eigenvalue weighted by atomic mass is 16.6. The number of carboxylic acids is 1. The van der Waals surface area contributed by atoms with Crippen molar-refractivity contribution >= 4 is 18.0 Å². The molecule has 0 heterocycles. The van der Waals surface area contributed by atoms with E-state index in [1.54, 1.807) is 27.7 Å². The Morgan fingerprint density at radius 3 is 2.20 bits per heavy atom. The molecular formula is C13H22N2O5. The summed E-state index contributed by atoms with van der Waals surface area (Å²) in [6, 6.07) is -0.862. The molecule has 0 aliphatic heterocycles. The minimum Gasteiger partial charge on any atom is -0.477 e. The van der Waals surface area contributed by atoms with E-state index in [1.165, 1.54) is 13.0 Å². The standard InChI is InChI=1S/C13H22N2O5/c1-6-8(15-12(19)20-13(3,4)5)10(16)14-9(7-2)11(17)18/h7-8H,6H2,1-5H3,(H,14,16)(H,15,19)(H,17,18)/b9-7-/t8-/m0/s1. The van der Waals surface area contributed by atoms with Crippen LogP contribution in [-0.2, 0) is 14.3 Å². The Morgan fingerprint density at radius 1 is 1.30 bits per heavy atom. The molecule has 2 amide bonds. The van der Waals surface area contributed by atoms with E-state index in [-0.39, 0.29) is 5.70 Å². The summed E-state index contributed by atoms with van der Waals surface area (Å²) >= 11 is 0. The smallest absolute Gasteiger partial charge is 0.408 e. The van der Waals surface area contributed by atoms with E-state index in [9.17, 15) is 14.4 Å². The van der Waals surface area contributed by atoms with Gasteiger partial charge in [0.25, 0.3) is 0 Å². The number of hydrogen-bond acceptors (Lipinski definition) is 4. The van der Waals surface area contributed by atoms with Gasteiger partial charge in [-0.15, -0.1) is 0 Å². The van der Waals surface area contributed by atoms with Crippen molar-refractivity contribution in [3.8, 4) is 0 Å². The monoisotopic (exact) mass is 286 g/mol. The lowest BCUT2D eigenvalue weighted by atomic mass is 10.2. The molecule has 3 N–H and O–H groups in total. The number of carboxylic acid groups (broad SMARTS) is 1. The summed E-state index contributed by atoms with van der Waals surface area (Å²) in [7, 11) is 0. The van der Waals surface area contributed by atoms with Crippen LogP contribution in [0.1, 0.15) is 41.0 Å². The van der Waals surface area contributed by atoms with Gasteiger partial charge in [0.1, 0.15) is 17.3 Å². The molecule has 7 heteroatoms. The molecule has 7 nitrogen and oxygen atoms in total. The van der Waals surface area contributed by atoms with Crippen molar-refractivity contribution in [2.75, 3.05) is 0 Å². The number of hydrogen-bond donors (Lipinski definition) is 3. The fourth-order valence-corrected chi connectivity index (χ4v) is 1.27. The van der Waals surface area contributed by atoms with Gasteiger partial charge in [-0.1, -0.05) is 13.0 Å². The third-order valence-corrected chi connectivity index (χ3v) is 2.19. The summed E-state index contributed by atoms with van der Waals surface area (Å²) in [6.45, 7) is 8.30. The van der Waals surface area contributed by atoms with Gasteiger partial charge in [0.2, 0.25) is 5.91 Å². The molecular weight excluding hydrogens is 264 g/mol. The first-order valence-corrected chi connectivity index (χ1v) is 6.30. The van der Waals surface area contributed by atoms with Crippen molar-refractivity contribution in [2.45, 2.75) is 52.7 Å². The van der Waals surface area contributed by atoms with E-state index in [2.05, 4.69) is 10.6 Å². The Bertz CT molecular complexity index is 409. The SMILES string of the molecule is C/C=C(\NC(=O)[C@H](CC)NC(=O)OC(C)(C)C)C(=O)O. The number of ether oxygens (including phenoxy) is 1. The molecule has 0 aromatic rings. The molecule has 0 radical (unpaired) electrons. The molecule has 0 rings (SSSR count). The molecule has 114 valence electrons. The second kappa shape index (κ2) is 7.52. The Kier molecular flexibility index (Phi) is 6.75. The van der Waals surface area contributed by atoms with Crippen molar-refractivity contribution in [1.82, 2.24) is 10.6 Å². The topological polar surface area (TPSA) is 105 Å². The summed E-state index contributed by atoms with van der Waals surface area (Å²) in [5, 5.41) is 13.5. The number of alkyl carbamates (subject to hydrolysis) is 1. The first-order valence-electron chi connectivity index (χ1n) is 6.30. The largest absolute Gasteiger partial charge is 0.477 e. The number of carbonyl (C=O) groups is 3. The first-order chi connectivity index (χ1) is 9.10. The van der Waals surface area contributed by atoms with Gasteiger partial charge < -0.3 is 20.5 Å². The molecule has 0 aromatic heterocycles. The summed E-state index contributed by atoms with van der Waals surface area (Å²) < 4.78 is 5.04. The van der Waals surface area contributed by atoms with E-state index in [0.29, 0.717) is 6.42 Å². The Morgan fingerprint density at radius 2 is 1.85 bits per heavy atom. The number of allylic oxidation sites excluding steroid dienone is 1. The van der Waals surface area contributed by atoms with Gasteiger partial charge in [-0.2, -0.15) is 0 Å². The Labute approximate surface area is 118 Å². The lowest BCUT2D eigenvalue weighted by Gasteiger charge is -2.22. The van der Waals surface area contributed by atoms with E-state index in [4.69, 9.17) is 9.84 Å². The molecule has 0 spiro atoms. The zero-order valence-electron chi connectivity index (χ0n) is 12.4. The Hall–Kier alpha value is -2.05. The molecule has 0 unspecified atom stereocenters. The van der Waals surface area contributed by atoms with E-state index >= 15 is 0 Å². The predicted octanol–water partition coefficient (Wildman–Crippen LogP) is 1.39. The van der Waals surface area contributed by atoms with Gasteiger partial charge in [-0.3, -0.25) is 4.79 Å². The first kappa shape index (κ1) is 17.9. The average molecular weight is 286 g/mol. The van der Waals surface area contributed by atoms with Crippen molar-refractivity contribution in [3.63, 3.8) is 0 Å². The van der Waals surface area contributed by atoms with Crippen LogP contribution in [0.3, 0.4) is 0 Å². The summed E-state index contributed by atoms with van der Waals surface area (Å²) in [4.78, 5) is 34.2. The van der Waals surface area contributed by atoms with E-state index in [1.807, 2.05) is 0 Å². The quantitative estimate of drug-likeness (QED) is 0.662. The number of nitrogens with one attached hydrogen (secondary N) is 2. The summed E-state index contributed by atoms with van der Waals surface area (Å²) in [6.07, 6.45) is 0.846. The molecule has 1 atom stereocenters. The van der Waals surface area contributed by atoms with Crippen molar-refractivity contribution in [1.29, 1.82) is 0 Å². The predicted molar refractivity (Wildman–Crippen MR) is 73.0 cm³/mol. The Balaban J connectivity index is 4.65. The highest BCUT2D eigenvalue weighted by Crippen LogP contribution is 2.07. The van der Waals surface area contributed by atoms with Crippen LogP contribution >= 0.6 is 0 Å². The molecule has 0 fully saturated rings. The maximum Gasteiger partial charge on any atom is 0.408 e. The van der Waals surface area contributed by atoms with Crippen molar-refractivity contribution in [3.05, 3.63) is 11.8 Å². The van der Waals surface area contributed by atoms with Crippen LogP contribution in [0, 0.1) is 0 Å². The molecule has 20 heavy (non-hydrogen) atoms. The van der Waals surface area contributed by atoms with Crippen LogP contribution in [-0.4, -0.2) is 34.7 Å². The van der Waals surface area contributed by atoms with Crippen LogP contribution in [0.25, 0.3) is 0 Å². The third kappa shape index (κ3) is 6.77. The minimum atomic E-state index is -1.24. The molecule has 0 aromatic carbocycles. The minimum absolute atomic E-state index is 0.237. The van der Waals surface area contributed by atoms with Crippen LogP contribution in [0.2, 0.25) is 0 Å². The molecule has 0 aliphatic carbocycles. The number of amides is 2. The van der Waals surface area contributed by atoms with Crippen LogP contribution in [0.15, 0.2) is 11.8 Å². The third-order valence-electron chi connectivity index (χ3n) is 2.19. The molecule has 0 saturated heterocycles. The fraction of sp³-hybridized carbons (Fsp3) is 0.615. The second-order valence-corrected chi connectivity index (χ2v) is 5.10. The van der Waals surface area contributed by atoms with E-state index < -0.39 is 29.6 Å². The summed E-state index contributed by atoms with van der Waals surface area (Å²) in [5.41, 5.74) is -0.909. The van der Waals surface area contributed by atoms with Gasteiger partial charge in [-0.25, -0.2) is 9.59 Å². The number of carbonyl (C=O) groups excluding carboxylic acids is 2. The average Bonchev–Trinajstić information content (AvgIpc) is 2.29. The van der Waals surface area contributed by atoms with Crippen LogP contribution in [0.5, 0.6) is 0 Å². The second-order valence-electron chi connectivity index (χ2n) is 5.10. The molecule has 0 bridgehead atoms. The molecule has 0 aliphatic rings. The lowest BCUT2D eigenvalue weighted by molar-refractivity contribution is -0.135. The normalized spacial score (nSPS) is 13.3. The maximum absolute atomic E-state index is 11.9. The van der Waals surface area contributed by atoms with Crippen molar-refractivity contribution in [2.24, 2.45) is 0 Å². The van der Waals surface area contributed by atoms with E-state index in [0.717, 1.165) is 0 Å². The van der Waals surface area contributed by atoms with Gasteiger partial charge in [0.05, 0.1) is 0 Å². The lowest BCUT2D eigenvalue weighted by Crippen LogP contribution is -2.48. The van der Waals surface area contributed by atoms with Crippen LogP contribution in [0.4, 0.5) is 4.79 Å². The number of rotatable bonds is 5. The molecule has 0 saturated carbocycles. The van der Waals surface area contributed by atoms with Gasteiger partial charge in [0.15, 0.2) is 0 Å².